The average Bonchev–Trinajstić information content (AvgIpc) is 3.24. The Kier molecular flexibility index (Phi) is 7.52. The Morgan fingerprint density at radius 3 is 2.46 bits per heavy atom. The van der Waals surface area contributed by atoms with Gasteiger partial charge >= 0.3 is 0 Å². The number of rotatable bonds is 8. The fourth-order valence-electron chi connectivity index (χ4n) is 5.28. The monoisotopic (exact) mass is 506 g/mol. The van der Waals surface area contributed by atoms with Crippen molar-refractivity contribution in [3.63, 3.8) is 0 Å². The zero-order chi connectivity index (χ0) is 26.0. The summed E-state index contributed by atoms with van der Waals surface area (Å²) in [5.41, 5.74) is 2.53. The molecule has 10 nitrogen and oxygen atoms in total. The molecular formula is C27H38N8O2. The number of anilines is 3. The SMILES string of the molecule is CC(O)c1cc2cnc(Nc3ccc(CN4CCN(CCO)CC4)cn3)nc2c(N2CCCC2(C)C)n1. The number of aromatic nitrogens is 4. The lowest BCUT2D eigenvalue weighted by Crippen LogP contribution is -2.46. The first-order chi connectivity index (χ1) is 17.8. The molecule has 10 heteroatoms. The smallest absolute Gasteiger partial charge is 0.229 e. The molecule has 0 radical (unpaired) electrons. The van der Waals surface area contributed by atoms with Crippen molar-refractivity contribution in [2.75, 3.05) is 56.1 Å². The van der Waals surface area contributed by atoms with Crippen LogP contribution in [0.15, 0.2) is 30.6 Å². The number of hydrogen-bond donors (Lipinski definition) is 3. The van der Waals surface area contributed by atoms with Gasteiger partial charge in [0.15, 0.2) is 5.82 Å². The molecule has 5 rings (SSSR count). The number of fused-ring (bicyclic) bond motifs is 1. The Bertz CT molecular complexity index is 1210. The van der Waals surface area contributed by atoms with Crippen LogP contribution in [0.4, 0.5) is 17.6 Å². The second kappa shape index (κ2) is 10.8. The van der Waals surface area contributed by atoms with Crippen LogP contribution in [-0.2, 0) is 6.54 Å². The predicted molar refractivity (Wildman–Crippen MR) is 145 cm³/mol. The van der Waals surface area contributed by atoms with Crippen molar-refractivity contribution in [2.24, 2.45) is 0 Å². The molecule has 2 saturated heterocycles. The van der Waals surface area contributed by atoms with Crippen LogP contribution in [0.25, 0.3) is 10.9 Å². The predicted octanol–water partition coefficient (Wildman–Crippen LogP) is 2.71. The lowest BCUT2D eigenvalue weighted by atomic mass is 10.0. The van der Waals surface area contributed by atoms with Crippen LogP contribution >= 0.6 is 0 Å². The molecule has 3 aromatic rings. The lowest BCUT2D eigenvalue weighted by Gasteiger charge is -2.34. The lowest BCUT2D eigenvalue weighted by molar-refractivity contribution is 0.108. The Morgan fingerprint density at radius 1 is 1.03 bits per heavy atom. The first-order valence-electron chi connectivity index (χ1n) is 13.2. The van der Waals surface area contributed by atoms with Gasteiger partial charge in [0, 0.05) is 69.1 Å². The number of nitrogens with one attached hydrogen (secondary N) is 1. The highest BCUT2D eigenvalue weighted by atomic mass is 16.3. The largest absolute Gasteiger partial charge is 0.395 e. The Balaban J connectivity index is 1.32. The van der Waals surface area contributed by atoms with Crippen molar-refractivity contribution in [3.8, 4) is 0 Å². The molecule has 2 fully saturated rings. The van der Waals surface area contributed by atoms with E-state index >= 15 is 0 Å². The molecule has 5 heterocycles. The molecule has 1 atom stereocenters. The molecule has 2 aliphatic rings. The molecule has 3 aromatic heterocycles. The zero-order valence-electron chi connectivity index (χ0n) is 22.1. The first kappa shape index (κ1) is 25.7. The molecule has 2 aliphatic heterocycles. The van der Waals surface area contributed by atoms with E-state index in [-0.39, 0.29) is 12.1 Å². The minimum Gasteiger partial charge on any atom is -0.395 e. The van der Waals surface area contributed by atoms with Crippen LogP contribution in [0, 0.1) is 0 Å². The van der Waals surface area contributed by atoms with Gasteiger partial charge in [-0.25, -0.2) is 19.9 Å². The molecule has 37 heavy (non-hydrogen) atoms. The highest BCUT2D eigenvalue weighted by molar-refractivity contribution is 5.90. The molecule has 0 saturated carbocycles. The second-order valence-electron chi connectivity index (χ2n) is 10.8. The standard InChI is InChI=1S/C27H38N8O2/c1-19(37)22-15-21-17-29-26(32-24(21)25(30-22)35-8-4-7-27(35,2)3)31-23-6-5-20(16-28-23)18-34-11-9-33(10-12-34)13-14-36/h5-6,15-17,19,36-37H,4,7-14,18H2,1-3H3,(H,28,29,31,32). The average molecular weight is 507 g/mol. The van der Waals surface area contributed by atoms with E-state index < -0.39 is 6.10 Å². The van der Waals surface area contributed by atoms with Gasteiger partial charge < -0.3 is 20.4 Å². The normalized spacial score (nSPS) is 19.4. The van der Waals surface area contributed by atoms with E-state index in [4.69, 9.17) is 15.1 Å². The van der Waals surface area contributed by atoms with Crippen molar-refractivity contribution >= 4 is 28.5 Å². The molecule has 0 spiro atoms. The molecular weight excluding hydrogens is 468 g/mol. The first-order valence-corrected chi connectivity index (χ1v) is 13.2. The molecule has 0 aliphatic carbocycles. The second-order valence-corrected chi connectivity index (χ2v) is 10.8. The summed E-state index contributed by atoms with van der Waals surface area (Å²) in [6.45, 7) is 12.9. The fraction of sp³-hybridized carbons (Fsp3) is 0.556. The van der Waals surface area contributed by atoms with Crippen LogP contribution in [-0.4, -0.2) is 91.4 Å². The summed E-state index contributed by atoms with van der Waals surface area (Å²) >= 11 is 0. The minimum atomic E-state index is -0.668. The maximum atomic E-state index is 10.2. The summed E-state index contributed by atoms with van der Waals surface area (Å²) in [5, 5.41) is 23.5. The van der Waals surface area contributed by atoms with Crippen LogP contribution in [0.3, 0.4) is 0 Å². The Morgan fingerprint density at radius 2 is 1.81 bits per heavy atom. The highest BCUT2D eigenvalue weighted by Gasteiger charge is 2.34. The third-order valence-corrected chi connectivity index (χ3v) is 7.50. The zero-order valence-corrected chi connectivity index (χ0v) is 22.1. The number of pyridine rings is 2. The molecule has 0 bridgehead atoms. The summed E-state index contributed by atoms with van der Waals surface area (Å²) in [4.78, 5) is 25.8. The van der Waals surface area contributed by atoms with Crippen LogP contribution in [0.5, 0.6) is 0 Å². The van der Waals surface area contributed by atoms with E-state index in [1.807, 2.05) is 18.3 Å². The summed E-state index contributed by atoms with van der Waals surface area (Å²) in [6.07, 6.45) is 5.20. The third-order valence-electron chi connectivity index (χ3n) is 7.50. The third kappa shape index (κ3) is 5.82. The van der Waals surface area contributed by atoms with Crippen LogP contribution in [0.2, 0.25) is 0 Å². The fourth-order valence-corrected chi connectivity index (χ4v) is 5.28. The maximum absolute atomic E-state index is 10.2. The molecule has 0 amide bonds. The summed E-state index contributed by atoms with van der Waals surface area (Å²) in [7, 11) is 0. The van der Waals surface area contributed by atoms with E-state index in [1.165, 1.54) is 0 Å². The van der Waals surface area contributed by atoms with Gasteiger partial charge in [0.25, 0.3) is 0 Å². The van der Waals surface area contributed by atoms with Crippen molar-refractivity contribution in [3.05, 3.63) is 41.9 Å². The van der Waals surface area contributed by atoms with Gasteiger partial charge in [0.1, 0.15) is 11.3 Å². The van der Waals surface area contributed by atoms with Gasteiger partial charge in [-0.05, 0) is 51.3 Å². The number of piperazine rings is 1. The summed E-state index contributed by atoms with van der Waals surface area (Å²) in [5.74, 6) is 1.95. The van der Waals surface area contributed by atoms with Crippen molar-refractivity contribution in [1.29, 1.82) is 0 Å². The van der Waals surface area contributed by atoms with Gasteiger partial charge in [-0.2, -0.15) is 0 Å². The number of hydrogen-bond acceptors (Lipinski definition) is 10. The quantitative estimate of drug-likeness (QED) is 0.421. The van der Waals surface area contributed by atoms with E-state index in [0.29, 0.717) is 17.5 Å². The maximum Gasteiger partial charge on any atom is 0.229 e. The van der Waals surface area contributed by atoms with Gasteiger partial charge in [-0.1, -0.05) is 6.07 Å². The van der Waals surface area contributed by atoms with Gasteiger partial charge in [-0.3, -0.25) is 9.80 Å². The van der Waals surface area contributed by atoms with Gasteiger partial charge in [0.05, 0.1) is 18.4 Å². The van der Waals surface area contributed by atoms with Crippen LogP contribution in [0.1, 0.15) is 51.0 Å². The number of aliphatic hydroxyl groups is 2. The van der Waals surface area contributed by atoms with Crippen molar-refractivity contribution in [2.45, 2.75) is 51.8 Å². The molecule has 1 unspecified atom stereocenters. The number of β-amino-alcohol motifs (C(OH)–C–C–N with tert-alkyl or cyclic N) is 1. The van der Waals surface area contributed by atoms with Gasteiger partial charge in [0.2, 0.25) is 5.95 Å². The van der Waals surface area contributed by atoms with E-state index in [2.05, 4.69) is 49.9 Å². The summed E-state index contributed by atoms with van der Waals surface area (Å²) < 4.78 is 0. The highest BCUT2D eigenvalue weighted by Crippen LogP contribution is 2.37. The minimum absolute atomic E-state index is 0.0291. The topological polar surface area (TPSA) is 114 Å². The molecule has 198 valence electrons. The van der Waals surface area contributed by atoms with E-state index in [0.717, 1.165) is 80.9 Å². The Hall–Kier alpha value is -2.92. The molecule has 3 N–H and O–H groups in total. The Labute approximate surface area is 218 Å². The number of aliphatic hydroxyl groups excluding tert-OH is 2. The summed E-state index contributed by atoms with van der Waals surface area (Å²) in [6, 6.07) is 5.92. The van der Waals surface area contributed by atoms with E-state index in [1.54, 1.807) is 13.1 Å². The number of nitrogens with zero attached hydrogens (tertiary/aromatic N) is 7. The van der Waals surface area contributed by atoms with E-state index in [9.17, 15) is 5.11 Å². The van der Waals surface area contributed by atoms with Crippen molar-refractivity contribution < 1.29 is 10.2 Å². The molecule has 0 aromatic carbocycles. The van der Waals surface area contributed by atoms with Crippen molar-refractivity contribution in [1.82, 2.24) is 29.7 Å². The van der Waals surface area contributed by atoms with Gasteiger partial charge in [-0.15, -0.1) is 0 Å². The van der Waals surface area contributed by atoms with Crippen LogP contribution < -0.4 is 10.2 Å².